The summed E-state index contributed by atoms with van der Waals surface area (Å²) in [7, 11) is 0. The highest BCUT2D eigenvalue weighted by Gasteiger charge is 2.38. The van der Waals surface area contributed by atoms with Gasteiger partial charge in [-0.25, -0.2) is 0 Å². The van der Waals surface area contributed by atoms with Crippen molar-refractivity contribution in [2.45, 2.75) is 24.8 Å². The maximum Gasteiger partial charge on any atom is 0.250 e. The van der Waals surface area contributed by atoms with Gasteiger partial charge >= 0.3 is 0 Å². The minimum absolute atomic E-state index is 0.188. The van der Waals surface area contributed by atoms with Gasteiger partial charge in [-0.1, -0.05) is 16.8 Å². The van der Waals surface area contributed by atoms with Crippen molar-refractivity contribution in [3.8, 4) is 11.5 Å². The van der Waals surface area contributed by atoms with Gasteiger partial charge in [-0.05, 0) is 43.0 Å². The fourth-order valence-corrected chi connectivity index (χ4v) is 2.81. The highest BCUT2D eigenvalue weighted by Crippen LogP contribution is 2.40. The molecule has 2 aliphatic rings. The van der Waals surface area contributed by atoms with Crippen LogP contribution in [0.4, 0.5) is 0 Å². The van der Waals surface area contributed by atoms with E-state index in [9.17, 15) is 0 Å². The Kier molecular flexibility index (Phi) is 3.09. The van der Waals surface area contributed by atoms with Gasteiger partial charge in [-0.15, -0.1) is 0 Å². The topological polar surface area (TPSA) is 83.4 Å². The number of hydrogen-bond donors (Lipinski definition) is 1. The van der Waals surface area contributed by atoms with Gasteiger partial charge in [-0.2, -0.15) is 4.98 Å². The van der Waals surface area contributed by atoms with E-state index in [1.807, 2.05) is 12.1 Å². The molecular weight excluding hydrogens is 306 g/mol. The van der Waals surface area contributed by atoms with Crippen LogP contribution in [-0.4, -0.2) is 16.9 Å². The van der Waals surface area contributed by atoms with E-state index in [4.69, 9.17) is 31.3 Å². The molecule has 6 nitrogen and oxygen atoms in total. The smallest absolute Gasteiger partial charge is 0.250 e. The first-order valence-electron chi connectivity index (χ1n) is 7.04. The summed E-state index contributed by atoms with van der Waals surface area (Å²) in [6, 6.07) is 3.64. The number of rotatable bonds is 3. The third-order valence-corrected chi connectivity index (χ3v) is 4.28. The Labute approximate surface area is 131 Å². The minimum atomic E-state index is -0.419. The Morgan fingerprint density at radius 2 is 2.09 bits per heavy atom. The fourth-order valence-electron chi connectivity index (χ4n) is 2.54. The molecule has 1 aliphatic heterocycles. The lowest BCUT2D eigenvalue weighted by Gasteiger charge is -2.34. The Bertz CT molecular complexity index is 752. The molecule has 114 valence electrons. The van der Waals surface area contributed by atoms with Crippen molar-refractivity contribution in [1.29, 1.82) is 0 Å². The van der Waals surface area contributed by atoms with Gasteiger partial charge in [-0.3, -0.25) is 0 Å². The standard InChI is InChI=1S/C15H14ClN3O3/c16-10-6-9(7-11-13(10)21-8-20-11)2-3-12-18-14(19-22-12)15(17)4-1-5-15/h2-3,6-7H,1,4-5,8,17H2/b3-2+. The second kappa shape index (κ2) is 5.00. The van der Waals surface area contributed by atoms with Crippen LogP contribution < -0.4 is 15.2 Å². The predicted octanol–water partition coefficient (Wildman–Crippen LogP) is 2.96. The summed E-state index contributed by atoms with van der Waals surface area (Å²) in [4.78, 5) is 4.34. The van der Waals surface area contributed by atoms with E-state index in [0.29, 0.717) is 28.2 Å². The van der Waals surface area contributed by atoms with Crippen LogP contribution in [0, 0.1) is 0 Å². The normalized spacial score (nSPS) is 18.6. The molecule has 0 atom stereocenters. The SMILES string of the molecule is NC1(c2noc(/C=C/c3cc(Cl)c4c(c3)OCO4)n2)CCC1. The van der Waals surface area contributed by atoms with Gasteiger partial charge in [0.1, 0.15) is 0 Å². The Hall–Kier alpha value is -2.05. The number of aromatic nitrogens is 2. The van der Waals surface area contributed by atoms with Crippen LogP contribution in [0.15, 0.2) is 16.7 Å². The van der Waals surface area contributed by atoms with Crippen molar-refractivity contribution in [3.63, 3.8) is 0 Å². The van der Waals surface area contributed by atoms with Crippen molar-refractivity contribution < 1.29 is 14.0 Å². The maximum absolute atomic E-state index is 6.17. The fraction of sp³-hybridized carbons (Fsp3) is 0.333. The molecule has 0 amide bonds. The van der Waals surface area contributed by atoms with E-state index in [1.165, 1.54) is 0 Å². The van der Waals surface area contributed by atoms with E-state index in [1.54, 1.807) is 12.1 Å². The van der Waals surface area contributed by atoms with Gasteiger partial charge in [0.05, 0.1) is 10.6 Å². The van der Waals surface area contributed by atoms with Crippen molar-refractivity contribution >= 4 is 23.8 Å². The van der Waals surface area contributed by atoms with Crippen LogP contribution in [-0.2, 0) is 5.54 Å². The van der Waals surface area contributed by atoms with E-state index < -0.39 is 5.54 Å². The van der Waals surface area contributed by atoms with Crippen LogP contribution in [0.3, 0.4) is 0 Å². The van der Waals surface area contributed by atoms with E-state index in [2.05, 4.69) is 10.1 Å². The molecule has 0 unspecified atom stereocenters. The zero-order valence-electron chi connectivity index (χ0n) is 11.7. The summed E-state index contributed by atoms with van der Waals surface area (Å²) >= 11 is 6.14. The van der Waals surface area contributed by atoms with Gasteiger partial charge in [0, 0.05) is 6.08 Å². The highest BCUT2D eigenvalue weighted by molar-refractivity contribution is 6.32. The van der Waals surface area contributed by atoms with Crippen molar-refractivity contribution in [2.75, 3.05) is 6.79 Å². The first-order valence-corrected chi connectivity index (χ1v) is 7.42. The molecule has 1 saturated carbocycles. The average molecular weight is 320 g/mol. The van der Waals surface area contributed by atoms with Gasteiger partial charge < -0.3 is 19.7 Å². The number of nitrogens with zero attached hydrogens (tertiary/aromatic N) is 2. The molecule has 22 heavy (non-hydrogen) atoms. The molecule has 2 aromatic rings. The average Bonchev–Trinajstić information content (AvgIpc) is 3.11. The molecule has 4 rings (SSSR count). The van der Waals surface area contributed by atoms with Gasteiger partial charge in [0.15, 0.2) is 17.3 Å². The lowest BCUT2D eigenvalue weighted by Crippen LogP contribution is -2.44. The van der Waals surface area contributed by atoms with E-state index in [0.717, 1.165) is 24.8 Å². The Balaban J connectivity index is 1.56. The molecule has 2 N–H and O–H groups in total. The highest BCUT2D eigenvalue weighted by atomic mass is 35.5. The van der Waals surface area contributed by atoms with Crippen LogP contribution in [0.1, 0.15) is 36.5 Å². The zero-order chi connectivity index (χ0) is 15.2. The number of nitrogens with two attached hydrogens (primary N) is 1. The third-order valence-electron chi connectivity index (χ3n) is 4.00. The number of hydrogen-bond acceptors (Lipinski definition) is 6. The predicted molar refractivity (Wildman–Crippen MR) is 80.5 cm³/mol. The third kappa shape index (κ3) is 2.24. The Morgan fingerprint density at radius 1 is 1.23 bits per heavy atom. The summed E-state index contributed by atoms with van der Waals surface area (Å²) in [6.45, 7) is 0.188. The molecule has 0 spiro atoms. The molecule has 0 radical (unpaired) electrons. The first kappa shape index (κ1) is 13.6. The summed E-state index contributed by atoms with van der Waals surface area (Å²) < 4.78 is 15.8. The number of fused-ring (bicyclic) bond motifs is 1. The van der Waals surface area contributed by atoms with E-state index >= 15 is 0 Å². The number of benzene rings is 1. The molecule has 0 bridgehead atoms. The summed E-state index contributed by atoms with van der Waals surface area (Å²) in [6.07, 6.45) is 6.45. The van der Waals surface area contributed by atoms with Crippen LogP contribution in [0.2, 0.25) is 5.02 Å². The largest absolute Gasteiger partial charge is 0.454 e. The Morgan fingerprint density at radius 3 is 2.86 bits per heavy atom. The first-order chi connectivity index (χ1) is 10.6. The van der Waals surface area contributed by atoms with Crippen molar-refractivity contribution in [3.05, 3.63) is 34.4 Å². The summed E-state index contributed by atoms with van der Waals surface area (Å²) in [5, 5.41) is 4.47. The maximum atomic E-state index is 6.17. The van der Waals surface area contributed by atoms with Gasteiger partial charge in [0.2, 0.25) is 6.79 Å². The van der Waals surface area contributed by atoms with E-state index in [-0.39, 0.29) is 6.79 Å². The number of halogens is 1. The van der Waals surface area contributed by atoms with Crippen molar-refractivity contribution in [1.82, 2.24) is 10.1 Å². The summed E-state index contributed by atoms with van der Waals surface area (Å²) in [5.41, 5.74) is 6.61. The molecular formula is C15H14ClN3O3. The summed E-state index contributed by atoms with van der Waals surface area (Å²) in [5.74, 6) is 2.20. The molecule has 7 heteroatoms. The lowest BCUT2D eigenvalue weighted by molar-refractivity contribution is 0.174. The lowest BCUT2D eigenvalue weighted by atomic mass is 9.77. The molecule has 1 aromatic carbocycles. The molecule has 1 aromatic heterocycles. The van der Waals surface area contributed by atoms with Crippen LogP contribution in [0.5, 0.6) is 11.5 Å². The molecule has 1 fully saturated rings. The van der Waals surface area contributed by atoms with Crippen molar-refractivity contribution in [2.24, 2.45) is 5.73 Å². The zero-order valence-corrected chi connectivity index (χ0v) is 12.5. The second-order valence-electron chi connectivity index (χ2n) is 5.54. The van der Waals surface area contributed by atoms with Crippen LogP contribution in [0.25, 0.3) is 12.2 Å². The molecule has 0 saturated heterocycles. The molecule has 1 aliphatic carbocycles. The minimum Gasteiger partial charge on any atom is -0.454 e. The monoisotopic (exact) mass is 319 g/mol. The number of ether oxygens (including phenoxy) is 2. The quantitative estimate of drug-likeness (QED) is 0.936. The van der Waals surface area contributed by atoms with Crippen LogP contribution >= 0.6 is 11.6 Å². The second-order valence-corrected chi connectivity index (χ2v) is 5.94. The van der Waals surface area contributed by atoms with Gasteiger partial charge in [0.25, 0.3) is 5.89 Å². The molecule has 2 heterocycles.